The van der Waals surface area contributed by atoms with Crippen LogP contribution in [0.15, 0.2) is 58.4 Å². The van der Waals surface area contributed by atoms with E-state index in [1.807, 2.05) is 31.2 Å². The summed E-state index contributed by atoms with van der Waals surface area (Å²) in [5, 5.41) is 7.21. The summed E-state index contributed by atoms with van der Waals surface area (Å²) in [6.07, 6.45) is 8.68. The molecule has 1 aromatic carbocycles. The third kappa shape index (κ3) is 5.95. The number of halogens is 1. The summed E-state index contributed by atoms with van der Waals surface area (Å²) < 4.78 is 0. The molecule has 0 fully saturated rings. The molecule has 1 aliphatic rings. The minimum atomic E-state index is -0.139. The molecule has 0 aromatic heterocycles. The number of hydrogen-bond acceptors (Lipinski definition) is 4. The molecule has 140 valence electrons. The van der Waals surface area contributed by atoms with Crippen LogP contribution in [-0.4, -0.2) is 12.5 Å². The Morgan fingerprint density at radius 3 is 2.81 bits per heavy atom. The summed E-state index contributed by atoms with van der Waals surface area (Å²) in [4.78, 5) is 4.49. The van der Waals surface area contributed by atoms with Crippen LogP contribution in [-0.2, 0) is 0 Å². The molecule has 1 unspecified atom stereocenters. The van der Waals surface area contributed by atoms with Crippen LogP contribution in [0, 0.1) is 6.92 Å². The van der Waals surface area contributed by atoms with Gasteiger partial charge in [0.25, 0.3) is 0 Å². The molecule has 0 aliphatic carbocycles. The average Bonchev–Trinajstić information content (AvgIpc) is 2.56. The zero-order valence-corrected chi connectivity index (χ0v) is 16.8. The zero-order valence-electron chi connectivity index (χ0n) is 16.1. The van der Waals surface area contributed by atoms with Gasteiger partial charge in [0, 0.05) is 11.6 Å². The number of benzene rings is 1. The minimum Gasteiger partial charge on any atom is -0.370 e. The summed E-state index contributed by atoms with van der Waals surface area (Å²) in [5.74, 6) is 1.28. The van der Waals surface area contributed by atoms with Crippen LogP contribution in [0.4, 0.5) is 0 Å². The van der Waals surface area contributed by atoms with E-state index in [2.05, 4.69) is 48.5 Å². The molecule has 0 bridgehead atoms. The number of nitrogens with two attached hydrogens (primary N) is 1. The van der Waals surface area contributed by atoms with Gasteiger partial charge in [-0.15, -0.1) is 0 Å². The Morgan fingerprint density at radius 2 is 2.08 bits per heavy atom. The number of rotatable bonds is 7. The van der Waals surface area contributed by atoms with Crippen molar-refractivity contribution in [1.82, 2.24) is 10.6 Å². The Balaban J connectivity index is 2.00. The fourth-order valence-corrected chi connectivity index (χ4v) is 2.97. The van der Waals surface area contributed by atoms with Gasteiger partial charge in [-0.1, -0.05) is 47.0 Å². The van der Waals surface area contributed by atoms with E-state index >= 15 is 0 Å². The van der Waals surface area contributed by atoms with E-state index in [-0.39, 0.29) is 6.04 Å². The van der Waals surface area contributed by atoms with Crippen molar-refractivity contribution >= 4 is 17.6 Å². The van der Waals surface area contributed by atoms with Crippen molar-refractivity contribution in [3.05, 3.63) is 69.5 Å². The molecular weight excluding hydrogens is 344 g/mol. The van der Waals surface area contributed by atoms with Gasteiger partial charge in [0.1, 0.15) is 11.9 Å². The fraction of sp³-hybridized carbons (Fsp3) is 0.381. The zero-order chi connectivity index (χ0) is 19.1. The van der Waals surface area contributed by atoms with Gasteiger partial charge in [-0.2, -0.15) is 0 Å². The highest BCUT2D eigenvalue weighted by atomic mass is 35.5. The molecule has 1 atom stereocenters. The molecule has 0 saturated carbocycles. The summed E-state index contributed by atoms with van der Waals surface area (Å²) in [6.45, 7) is 9.17. The first kappa shape index (κ1) is 20.1. The highest BCUT2D eigenvalue weighted by molar-refractivity contribution is 6.31. The lowest BCUT2D eigenvalue weighted by molar-refractivity contribution is 0.752. The molecule has 4 nitrogen and oxygen atoms in total. The van der Waals surface area contributed by atoms with Gasteiger partial charge in [-0.25, -0.2) is 4.99 Å². The largest absolute Gasteiger partial charge is 0.370 e. The standard InChI is InChI=1S/C21H29ClN4/c1-14(2)7-5-8-15(3)11-12-24-20-13-19(25-21(23)26-20)17-9-6-10-18(22)16(17)4/h6-7,9-11,13,19,24H,5,8,12H2,1-4H3,(H3,23,25,26)/b15-11+. The predicted molar refractivity (Wildman–Crippen MR) is 112 cm³/mol. The molecule has 2 rings (SSSR count). The van der Waals surface area contributed by atoms with Crippen LogP contribution in [0.2, 0.25) is 5.02 Å². The normalized spacial score (nSPS) is 17.1. The predicted octanol–water partition coefficient (Wildman–Crippen LogP) is 4.73. The van der Waals surface area contributed by atoms with Gasteiger partial charge in [-0.3, -0.25) is 0 Å². The maximum Gasteiger partial charge on any atom is 0.195 e. The second-order valence-electron chi connectivity index (χ2n) is 6.87. The van der Waals surface area contributed by atoms with Gasteiger partial charge in [0.2, 0.25) is 0 Å². The van der Waals surface area contributed by atoms with Crippen LogP contribution < -0.4 is 16.4 Å². The number of nitrogens with one attached hydrogen (secondary N) is 2. The van der Waals surface area contributed by atoms with Gasteiger partial charge >= 0.3 is 0 Å². The van der Waals surface area contributed by atoms with Crippen molar-refractivity contribution in [3.63, 3.8) is 0 Å². The lowest BCUT2D eigenvalue weighted by Gasteiger charge is -2.22. The van der Waals surface area contributed by atoms with E-state index < -0.39 is 0 Å². The van der Waals surface area contributed by atoms with Gasteiger partial charge in [-0.05, 0) is 63.8 Å². The van der Waals surface area contributed by atoms with Crippen LogP contribution in [0.3, 0.4) is 0 Å². The van der Waals surface area contributed by atoms with Crippen molar-refractivity contribution < 1.29 is 0 Å². The molecule has 0 spiro atoms. The molecule has 0 amide bonds. The number of aliphatic imine (C=N–C) groups is 1. The second-order valence-corrected chi connectivity index (χ2v) is 7.28. The quantitative estimate of drug-likeness (QED) is 0.606. The Labute approximate surface area is 161 Å². The highest BCUT2D eigenvalue weighted by Crippen LogP contribution is 2.28. The van der Waals surface area contributed by atoms with Crippen molar-refractivity contribution in [3.8, 4) is 0 Å². The first-order valence-electron chi connectivity index (χ1n) is 8.97. The molecule has 1 aliphatic heterocycles. The molecule has 0 radical (unpaired) electrons. The average molecular weight is 373 g/mol. The van der Waals surface area contributed by atoms with E-state index in [0.29, 0.717) is 5.96 Å². The van der Waals surface area contributed by atoms with Crippen LogP contribution >= 0.6 is 11.6 Å². The summed E-state index contributed by atoms with van der Waals surface area (Å²) in [7, 11) is 0. The van der Waals surface area contributed by atoms with Gasteiger partial charge in [0.05, 0.1) is 0 Å². The number of nitrogens with zero attached hydrogens (tertiary/aromatic N) is 1. The smallest absolute Gasteiger partial charge is 0.195 e. The van der Waals surface area contributed by atoms with E-state index in [9.17, 15) is 0 Å². The molecule has 4 N–H and O–H groups in total. The molecular formula is C21H29ClN4. The minimum absolute atomic E-state index is 0.139. The van der Waals surface area contributed by atoms with E-state index in [4.69, 9.17) is 17.3 Å². The number of guanidine groups is 1. The summed E-state index contributed by atoms with van der Waals surface area (Å²) in [6, 6.07) is 5.73. The van der Waals surface area contributed by atoms with Crippen LogP contribution in [0.5, 0.6) is 0 Å². The van der Waals surface area contributed by atoms with Crippen LogP contribution in [0.1, 0.15) is 50.8 Å². The maximum absolute atomic E-state index is 6.24. The Morgan fingerprint density at radius 1 is 1.31 bits per heavy atom. The second kappa shape index (κ2) is 9.48. The maximum atomic E-state index is 6.24. The number of hydrogen-bond donors (Lipinski definition) is 3. The van der Waals surface area contributed by atoms with E-state index in [1.165, 1.54) is 11.1 Å². The molecule has 0 saturated heterocycles. The van der Waals surface area contributed by atoms with Crippen molar-refractivity contribution in [2.45, 2.75) is 46.6 Å². The highest BCUT2D eigenvalue weighted by Gasteiger charge is 2.17. The topological polar surface area (TPSA) is 62.4 Å². The van der Waals surface area contributed by atoms with Gasteiger partial charge < -0.3 is 16.4 Å². The molecule has 5 heteroatoms. The summed E-state index contributed by atoms with van der Waals surface area (Å²) in [5.41, 5.74) is 10.8. The first-order valence-corrected chi connectivity index (χ1v) is 9.34. The van der Waals surface area contributed by atoms with Crippen molar-refractivity contribution in [1.29, 1.82) is 0 Å². The molecule has 26 heavy (non-hydrogen) atoms. The molecule has 1 heterocycles. The van der Waals surface area contributed by atoms with Crippen molar-refractivity contribution in [2.75, 3.05) is 6.54 Å². The third-order valence-electron chi connectivity index (χ3n) is 4.33. The summed E-state index contributed by atoms with van der Waals surface area (Å²) >= 11 is 6.24. The Bertz CT molecular complexity index is 755. The fourth-order valence-electron chi connectivity index (χ4n) is 2.79. The Kier molecular flexibility index (Phi) is 7.34. The number of allylic oxidation sites excluding steroid dienone is 3. The SMILES string of the molecule is CC(C)=CCC/C(C)=C/CNC1=CC(c2cccc(Cl)c2C)N=C(N)N1. The lowest BCUT2D eigenvalue weighted by Crippen LogP contribution is -2.39. The third-order valence-corrected chi connectivity index (χ3v) is 4.74. The van der Waals surface area contributed by atoms with E-state index in [1.54, 1.807) is 0 Å². The monoisotopic (exact) mass is 372 g/mol. The van der Waals surface area contributed by atoms with Gasteiger partial charge in [0.15, 0.2) is 5.96 Å². The van der Waals surface area contributed by atoms with E-state index in [0.717, 1.165) is 41.4 Å². The first-order chi connectivity index (χ1) is 12.4. The van der Waals surface area contributed by atoms with Crippen LogP contribution in [0.25, 0.3) is 0 Å². The molecule has 1 aromatic rings. The Hall–Kier alpha value is -2.20. The van der Waals surface area contributed by atoms with Crippen molar-refractivity contribution in [2.24, 2.45) is 10.7 Å². The lowest BCUT2D eigenvalue weighted by atomic mass is 10.0.